The molecular weight excluding hydrogens is 276 g/mol. The van der Waals surface area contributed by atoms with Crippen molar-refractivity contribution in [3.63, 3.8) is 0 Å². The zero-order valence-corrected chi connectivity index (χ0v) is 12.8. The van der Waals surface area contributed by atoms with Crippen LogP contribution in [-0.2, 0) is 4.79 Å². The normalized spacial score (nSPS) is 28.2. The number of amides is 2. The molecule has 0 aromatic heterocycles. The number of carboxylic acids is 1. The summed E-state index contributed by atoms with van der Waals surface area (Å²) in [5, 5.41) is 15.6. The predicted octanol–water partition coefficient (Wildman–Crippen LogP) is 2.21. The summed E-state index contributed by atoms with van der Waals surface area (Å²) >= 11 is 1.86. The van der Waals surface area contributed by atoms with Gasteiger partial charge in [-0.2, -0.15) is 11.8 Å². The SMILES string of the molecule is CSC1CCCC(NC(=O)NCC2(C(=O)O)CCC2)C1. The van der Waals surface area contributed by atoms with E-state index in [1.165, 1.54) is 6.42 Å². The molecule has 0 aliphatic heterocycles. The van der Waals surface area contributed by atoms with Gasteiger partial charge in [0.25, 0.3) is 0 Å². The highest BCUT2D eigenvalue weighted by Gasteiger charge is 2.44. The fraction of sp³-hybridized carbons (Fsp3) is 0.857. The number of carboxylic acid groups (broad SMARTS) is 1. The van der Waals surface area contributed by atoms with E-state index in [1.807, 2.05) is 11.8 Å². The Labute approximate surface area is 124 Å². The van der Waals surface area contributed by atoms with E-state index in [-0.39, 0.29) is 18.6 Å². The Kier molecular flexibility index (Phi) is 5.18. The Bertz CT molecular complexity index is 371. The maximum atomic E-state index is 11.9. The lowest BCUT2D eigenvalue weighted by molar-refractivity contribution is -0.153. The van der Waals surface area contributed by atoms with E-state index >= 15 is 0 Å². The molecule has 2 atom stereocenters. The summed E-state index contributed by atoms with van der Waals surface area (Å²) in [4.78, 5) is 23.1. The third kappa shape index (κ3) is 3.59. The highest BCUT2D eigenvalue weighted by atomic mass is 32.2. The van der Waals surface area contributed by atoms with Crippen LogP contribution in [0.2, 0.25) is 0 Å². The second-order valence-electron chi connectivity index (χ2n) is 5.99. The lowest BCUT2D eigenvalue weighted by Gasteiger charge is -2.37. The molecule has 6 heteroatoms. The van der Waals surface area contributed by atoms with Crippen LogP contribution in [0, 0.1) is 5.41 Å². The van der Waals surface area contributed by atoms with Gasteiger partial charge in [0, 0.05) is 17.8 Å². The van der Waals surface area contributed by atoms with Gasteiger partial charge in [-0.05, 0) is 38.4 Å². The summed E-state index contributed by atoms with van der Waals surface area (Å²) in [5.74, 6) is -0.788. The van der Waals surface area contributed by atoms with Gasteiger partial charge in [-0.15, -0.1) is 0 Å². The third-order valence-corrected chi connectivity index (χ3v) is 5.74. The van der Waals surface area contributed by atoms with Crippen LogP contribution in [0.4, 0.5) is 4.79 Å². The summed E-state index contributed by atoms with van der Waals surface area (Å²) in [7, 11) is 0. The molecule has 0 bridgehead atoms. The largest absolute Gasteiger partial charge is 0.481 e. The van der Waals surface area contributed by atoms with Gasteiger partial charge in [0.05, 0.1) is 5.41 Å². The Balaban J connectivity index is 1.74. The maximum Gasteiger partial charge on any atom is 0.315 e. The number of hydrogen-bond acceptors (Lipinski definition) is 3. The van der Waals surface area contributed by atoms with Crippen LogP contribution in [0.1, 0.15) is 44.9 Å². The second-order valence-corrected chi connectivity index (χ2v) is 7.13. The van der Waals surface area contributed by atoms with Gasteiger partial charge in [0.15, 0.2) is 0 Å². The number of thioether (sulfide) groups is 1. The minimum atomic E-state index is -0.788. The molecule has 2 rings (SSSR count). The van der Waals surface area contributed by atoms with E-state index in [2.05, 4.69) is 16.9 Å². The minimum Gasteiger partial charge on any atom is -0.481 e. The number of rotatable bonds is 5. The fourth-order valence-corrected chi connectivity index (χ4v) is 3.87. The van der Waals surface area contributed by atoms with Gasteiger partial charge >= 0.3 is 12.0 Å². The number of aliphatic carboxylic acids is 1. The van der Waals surface area contributed by atoms with Crippen LogP contribution in [0.25, 0.3) is 0 Å². The van der Waals surface area contributed by atoms with Crippen LogP contribution < -0.4 is 10.6 Å². The molecule has 20 heavy (non-hydrogen) atoms. The zero-order valence-electron chi connectivity index (χ0n) is 12.0. The van der Waals surface area contributed by atoms with Gasteiger partial charge in [-0.1, -0.05) is 12.8 Å². The van der Waals surface area contributed by atoms with Gasteiger partial charge in [0.1, 0.15) is 0 Å². The van der Waals surface area contributed by atoms with Crippen molar-refractivity contribution in [3.05, 3.63) is 0 Å². The van der Waals surface area contributed by atoms with E-state index in [0.717, 1.165) is 25.7 Å². The molecule has 0 spiro atoms. The number of nitrogens with one attached hydrogen (secondary N) is 2. The summed E-state index contributed by atoms with van der Waals surface area (Å²) in [6, 6.07) is 0.00708. The second kappa shape index (κ2) is 6.70. The molecule has 0 heterocycles. The average molecular weight is 300 g/mol. The van der Waals surface area contributed by atoms with E-state index in [9.17, 15) is 14.7 Å². The Morgan fingerprint density at radius 1 is 1.30 bits per heavy atom. The molecule has 2 aliphatic rings. The van der Waals surface area contributed by atoms with Crippen molar-refractivity contribution in [1.29, 1.82) is 0 Å². The van der Waals surface area contributed by atoms with E-state index in [0.29, 0.717) is 18.1 Å². The highest BCUT2D eigenvalue weighted by molar-refractivity contribution is 7.99. The smallest absolute Gasteiger partial charge is 0.315 e. The van der Waals surface area contributed by atoms with Crippen molar-refractivity contribution in [1.82, 2.24) is 10.6 Å². The van der Waals surface area contributed by atoms with Crippen molar-refractivity contribution in [2.75, 3.05) is 12.8 Å². The molecule has 2 fully saturated rings. The van der Waals surface area contributed by atoms with Crippen molar-refractivity contribution >= 4 is 23.8 Å². The summed E-state index contributed by atoms with van der Waals surface area (Å²) in [5.41, 5.74) is -0.717. The third-order valence-electron chi connectivity index (χ3n) is 4.65. The maximum absolute atomic E-state index is 11.9. The molecule has 0 radical (unpaired) electrons. The Morgan fingerprint density at radius 3 is 2.60 bits per heavy atom. The minimum absolute atomic E-state index is 0.218. The number of hydrogen-bond donors (Lipinski definition) is 3. The van der Waals surface area contributed by atoms with Gasteiger partial charge in [-0.3, -0.25) is 4.79 Å². The molecule has 2 amide bonds. The molecule has 3 N–H and O–H groups in total. The standard InChI is InChI=1S/C14H24N2O3S/c1-20-11-5-2-4-10(8-11)16-13(19)15-9-14(12(17)18)6-3-7-14/h10-11H,2-9H2,1H3,(H,17,18)(H2,15,16,19). The molecule has 0 saturated heterocycles. The van der Waals surface area contributed by atoms with Gasteiger partial charge in [-0.25, -0.2) is 4.79 Å². The molecule has 114 valence electrons. The molecule has 2 saturated carbocycles. The van der Waals surface area contributed by atoms with Gasteiger partial charge < -0.3 is 15.7 Å². The molecule has 0 aromatic carbocycles. The van der Waals surface area contributed by atoms with Crippen molar-refractivity contribution in [3.8, 4) is 0 Å². The molecule has 5 nitrogen and oxygen atoms in total. The molecule has 0 aromatic rings. The zero-order chi connectivity index (χ0) is 14.6. The first-order valence-electron chi connectivity index (χ1n) is 7.36. The molecule has 2 unspecified atom stereocenters. The lowest BCUT2D eigenvalue weighted by Crippen LogP contribution is -2.51. The van der Waals surface area contributed by atoms with Crippen LogP contribution in [0.15, 0.2) is 0 Å². The number of carbonyl (C=O) groups excluding carboxylic acids is 1. The van der Waals surface area contributed by atoms with Crippen LogP contribution in [-0.4, -0.2) is 41.2 Å². The van der Waals surface area contributed by atoms with E-state index < -0.39 is 11.4 Å². The number of carbonyl (C=O) groups is 2. The number of urea groups is 1. The van der Waals surface area contributed by atoms with Crippen molar-refractivity contribution in [2.24, 2.45) is 5.41 Å². The van der Waals surface area contributed by atoms with Crippen LogP contribution in [0.3, 0.4) is 0 Å². The fourth-order valence-electron chi connectivity index (χ4n) is 3.05. The summed E-state index contributed by atoms with van der Waals surface area (Å²) in [6.07, 6.45) is 8.79. The first-order chi connectivity index (χ1) is 9.55. The average Bonchev–Trinajstić information content (AvgIpc) is 2.37. The van der Waals surface area contributed by atoms with E-state index in [1.54, 1.807) is 0 Å². The topological polar surface area (TPSA) is 78.4 Å². The van der Waals surface area contributed by atoms with Crippen LogP contribution in [0.5, 0.6) is 0 Å². The first kappa shape index (κ1) is 15.5. The highest BCUT2D eigenvalue weighted by Crippen LogP contribution is 2.40. The van der Waals surface area contributed by atoms with Crippen molar-refractivity contribution < 1.29 is 14.7 Å². The summed E-state index contributed by atoms with van der Waals surface area (Å²) in [6.45, 7) is 0.243. The Morgan fingerprint density at radius 2 is 2.05 bits per heavy atom. The van der Waals surface area contributed by atoms with Gasteiger partial charge in [0.2, 0.25) is 0 Å². The quantitative estimate of drug-likeness (QED) is 0.727. The predicted molar refractivity (Wildman–Crippen MR) is 80.0 cm³/mol. The van der Waals surface area contributed by atoms with E-state index in [4.69, 9.17) is 0 Å². The first-order valence-corrected chi connectivity index (χ1v) is 8.65. The summed E-state index contributed by atoms with van der Waals surface area (Å²) < 4.78 is 0. The Hall–Kier alpha value is -0.910. The molecule has 2 aliphatic carbocycles. The lowest BCUT2D eigenvalue weighted by atomic mass is 9.69. The van der Waals surface area contributed by atoms with Crippen LogP contribution >= 0.6 is 11.8 Å². The van der Waals surface area contributed by atoms with Crippen molar-refractivity contribution in [2.45, 2.75) is 56.2 Å². The molecular formula is C14H24N2O3S. The monoisotopic (exact) mass is 300 g/mol.